The zero-order chi connectivity index (χ0) is 29.4. The highest BCUT2D eigenvalue weighted by molar-refractivity contribution is 6.06. The van der Waals surface area contributed by atoms with Crippen LogP contribution in [0.4, 0.5) is 0 Å². The molecule has 0 saturated carbocycles. The van der Waals surface area contributed by atoms with Gasteiger partial charge in [-0.25, -0.2) is 15.0 Å². The Balaban J connectivity index is 1.28. The van der Waals surface area contributed by atoms with E-state index in [9.17, 15) is 0 Å². The molecule has 2 heterocycles. The van der Waals surface area contributed by atoms with Gasteiger partial charge in [-0.3, -0.25) is 0 Å². The highest BCUT2D eigenvalue weighted by Crippen LogP contribution is 2.50. The van der Waals surface area contributed by atoms with Gasteiger partial charge in [0.05, 0.1) is 0 Å². The Hall–Kier alpha value is -5.61. The van der Waals surface area contributed by atoms with Crippen molar-refractivity contribution in [2.45, 2.75) is 19.3 Å². The molecule has 1 aliphatic carbocycles. The molecule has 4 nitrogen and oxygen atoms in total. The number of hydrogen-bond acceptors (Lipinski definition) is 4. The average molecular weight is 566 g/mol. The zero-order valence-electron chi connectivity index (χ0n) is 24.4. The second kappa shape index (κ2) is 9.19. The van der Waals surface area contributed by atoms with Gasteiger partial charge in [-0.2, -0.15) is 0 Å². The van der Waals surface area contributed by atoms with Crippen molar-refractivity contribution in [2.24, 2.45) is 0 Å². The van der Waals surface area contributed by atoms with Crippen molar-refractivity contribution >= 4 is 32.7 Å². The van der Waals surface area contributed by atoms with Crippen LogP contribution >= 0.6 is 0 Å². The van der Waals surface area contributed by atoms with Crippen molar-refractivity contribution in [3.63, 3.8) is 0 Å². The van der Waals surface area contributed by atoms with Crippen molar-refractivity contribution in [3.8, 4) is 45.3 Å². The van der Waals surface area contributed by atoms with Crippen LogP contribution in [0.15, 0.2) is 132 Å². The van der Waals surface area contributed by atoms with Crippen LogP contribution in [-0.2, 0) is 5.41 Å². The molecule has 0 fully saturated rings. The first kappa shape index (κ1) is 24.9. The van der Waals surface area contributed by atoms with Crippen molar-refractivity contribution in [1.29, 1.82) is 0 Å². The minimum atomic E-state index is -0.102. The molecule has 208 valence electrons. The summed E-state index contributed by atoms with van der Waals surface area (Å²) >= 11 is 0. The number of benzene rings is 6. The minimum Gasteiger partial charge on any atom is -0.456 e. The number of aromatic nitrogens is 3. The summed E-state index contributed by atoms with van der Waals surface area (Å²) in [7, 11) is 0. The highest BCUT2D eigenvalue weighted by atomic mass is 16.3. The second-order valence-corrected chi connectivity index (χ2v) is 12.1. The maximum absolute atomic E-state index is 6.10. The molecule has 44 heavy (non-hydrogen) atoms. The van der Waals surface area contributed by atoms with E-state index in [4.69, 9.17) is 19.4 Å². The summed E-state index contributed by atoms with van der Waals surface area (Å²) in [4.78, 5) is 15.2. The van der Waals surface area contributed by atoms with Crippen LogP contribution in [-0.4, -0.2) is 15.0 Å². The number of hydrogen-bond donors (Lipinski definition) is 0. The summed E-state index contributed by atoms with van der Waals surface area (Å²) in [6.07, 6.45) is 0. The van der Waals surface area contributed by atoms with E-state index in [2.05, 4.69) is 80.6 Å². The van der Waals surface area contributed by atoms with Crippen molar-refractivity contribution in [1.82, 2.24) is 15.0 Å². The standard InChI is InChI=1S/C40H27N3O/c1-40(2)33-17-8-6-14-27(33)31-21-25-13-10-16-29(30(25)23-34(31)40)39-42-37(24-11-4-3-5-12-24)41-38(43-39)26-19-20-36-32(22-26)28-15-7-9-18-35(28)44-36/h3-23H,1-2H3. The van der Waals surface area contributed by atoms with Crippen LogP contribution in [0.2, 0.25) is 0 Å². The van der Waals surface area contributed by atoms with E-state index in [1.165, 1.54) is 27.6 Å². The molecular formula is C40H27N3O. The Bertz CT molecular complexity index is 2420. The summed E-state index contributed by atoms with van der Waals surface area (Å²) in [6.45, 7) is 4.63. The molecule has 9 rings (SSSR count). The third-order valence-electron chi connectivity index (χ3n) is 9.13. The lowest BCUT2D eigenvalue weighted by Gasteiger charge is -2.22. The molecule has 8 aromatic rings. The summed E-state index contributed by atoms with van der Waals surface area (Å²) in [5, 5.41) is 4.43. The molecule has 1 aliphatic rings. The lowest BCUT2D eigenvalue weighted by atomic mass is 9.81. The number of nitrogens with zero attached hydrogens (tertiary/aromatic N) is 3. The summed E-state index contributed by atoms with van der Waals surface area (Å²) in [6, 6.07) is 44.3. The van der Waals surface area contributed by atoms with Crippen LogP contribution in [0.25, 0.3) is 78.0 Å². The van der Waals surface area contributed by atoms with Gasteiger partial charge in [0, 0.05) is 32.9 Å². The number of fused-ring (bicyclic) bond motifs is 7. The Morgan fingerprint density at radius 3 is 2.05 bits per heavy atom. The molecule has 0 N–H and O–H groups in total. The summed E-state index contributed by atoms with van der Waals surface area (Å²) in [5.41, 5.74) is 9.79. The average Bonchev–Trinajstić information content (AvgIpc) is 3.55. The number of para-hydroxylation sites is 1. The zero-order valence-corrected chi connectivity index (χ0v) is 24.4. The van der Waals surface area contributed by atoms with Gasteiger partial charge in [0.25, 0.3) is 0 Å². The predicted octanol–water partition coefficient (Wildman–Crippen LogP) is 10.2. The summed E-state index contributed by atoms with van der Waals surface area (Å²) < 4.78 is 6.10. The molecule has 0 unspecified atom stereocenters. The smallest absolute Gasteiger partial charge is 0.164 e. The van der Waals surface area contributed by atoms with Gasteiger partial charge < -0.3 is 4.42 Å². The fraction of sp³-hybridized carbons (Fsp3) is 0.0750. The molecule has 0 aliphatic heterocycles. The molecule has 2 aromatic heterocycles. The molecule has 0 spiro atoms. The molecule has 4 heteroatoms. The van der Waals surface area contributed by atoms with E-state index in [0.29, 0.717) is 17.5 Å². The molecule has 0 bridgehead atoms. The molecule has 6 aromatic carbocycles. The van der Waals surface area contributed by atoms with Crippen LogP contribution in [0.3, 0.4) is 0 Å². The van der Waals surface area contributed by atoms with Gasteiger partial charge in [-0.1, -0.05) is 105 Å². The Kier molecular flexibility index (Phi) is 5.21. The number of rotatable bonds is 3. The van der Waals surface area contributed by atoms with E-state index in [0.717, 1.165) is 44.0 Å². The van der Waals surface area contributed by atoms with Crippen LogP contribution in [0, 0.1) is 0 Å². The minimum absolute atomic E-state index is 0.102. The third-order valence-corrected chi connectivity index (χ3v) is 9.13. The fourth-order valence-electron chi connectivity index (χ4n) is 6.88. The topological polar surface area (TPSA) is 51.8 Å². The van der Waals surface area contributed by atoms with Gasteiger partial charge in [-0.05, 0) is 69.4 Å². The van der Waals surface area contributed by atoms with E-state index in [1.807, 2.05) is 60.7 Å². The molecule has 0 amide bonds. The maximum atomic E-state index is 6.10. The lowest BCUT2D eigenvalue weighted by molar-refractivity contribution is 0.661. The van der Waals surface area contributed by atoms with Gasteiger partial charge in [-0.15, -0.1) is 0 Å². The third kappa shape index (κ3) is 3.67. The monoisotopic (exact) mass is 565 g/mol. The van der Waals surface area contributed by atoms with Crippen LogP contribution in [0.5, 0.6) is 0 Å². The van der Waals surface area contributed by atoms with Crippen molar-refractivity contribution in [3.05, 3.63) is 139 Å². The molecular weight excluding hydrogens is 538 g/mol. The largest absolute Gasteiger partial charge is 0.456 e. The normalized spacial score (nSPS) is 13.4. The quantitative estimate of drug-likeness (QED) is 0.214. The maximum Gasteiger partial charge on any atom is 0.164 e. The SMILES string of the molecule is CC1(C)c2ccccc2-c2cc3cccc(-c4nc(-c5ccccc5)nc(-c5ccc6oc7ccccc7c6c5)n4)c3cc21. The van der Waals surface area contributed by atoms with Gasteiger partial charge in [0.1, 0.15) is 11.2 Å². The van der Waals surface area contributed by atoms with Crippen molar-refractivity contribution in [2.75, 3.05) is 0 Å². The fourth-order valence-corrected chi connectivity index (χ4v) is 6.88. The van der Waals surface area contributed by atoms with Crippen molar-refractivity contribution < 1.29 is 4.42 Å². The summed E-state index contributed by atoms with van der Waals surface area (Å²) in [5.74, 6) is 1.94. The van der Waals surface area contributed by atoms with Crippen LogP contribution < -0.4 is 0 Å². The Morgan fingerprint density at radius 1 is 0.455 bits per heavy atom. The Morgan fingerprint density at radius 2 is 1.16 bits per heavy atom. The molecule has 0 radical (unpaired) electrons. The first-order valence-corrected chi connectivity index (χ1v) is 15.0. The molecule has 0 atom stereocenters. The first-order valence-electron chi connectivity index (χ1n) is 15.0. The van der Waals surface area contributed by atoms with E-state index in [-0.39, 0.29) is 5.41 Å². The molecule has 0 saturated heterocycles. The van der Waals surface area contributed by atoms with E-state index >= 15 is 0 Å². The van der Waals surface area contributed by atoms with Gasteiger partial charge >= 0.3 is 0 Å². The Labute approximate surface area is 254 Å². The second-order valence-electron chi connectivity index (χ2n) is 12.1. The highest BCUT2D eigenvalue weighted by Gasteiger charge is 2.35. The van der Waals surface area contributed by atoms with Gasteiger partial charge in [0.15, 0.2) is 17.5 Å². The van der Waals surface area contributed by atoms with Crippen LogP contribution in [0.1, 0.15) is 25.0 Å². The number of furan rings is 1. The first-order chi connectivity index (χ1) is 21.5. The van der Waals surface area contributed by atoms with E-state index < -0.39 is 0 Å². The van der Waals surface area contributed by atoms with Gasteiger partial charge in [0.2, 0.25) is 0 Å². The predicted molar refractivity (Wildman–Crippen MR) is 178 cm³/mol. The lowest BCUT2D eigenvalue weighted by Crippen LogP contribution is -2.14. The van der Waals surface area contributed by atoms with E-state index in [1.54, 1.807) is 0 Å².